The summed E-state index contributed by atoms with van der Waals surface area (Å²) in [4.78, 5) is 0. The topological polar surface area (TPSA) is 72.2 Å². The highest BCUT2D eigenvalue weighted by molar-refractivity contribution is 7.90. The van der Waals surface area contributed by atoms with E-state index in [0.29, 0.717) is 0 Å². The lowest BCUT2D eigenvalue weighted by Crippen LogP contribution is -2.41. The fraction of sp³-hybridized carbons (Fsp3) is 1.00. The molecule has 82 valence electrons. The lowest BCUT2D eigenvalue weighted by atomic mass is 9.93. The van der Waals surface area contributed by atoms with Crippen molar-refractivity contribution in [2.24, 2.45) is 5.73 Å². The summed E-state index contributed by atoms with van der Waals surface area (Å²) in [5, 5.41) is -0.0990. The van der Waals surface area contributed by atoms with E-state index < -0.39 is 10.0 Å². The molecule has 2 saturated carbocycles. The van der Waals surface area contributed by atoms with Crippen LogP contribution in [0.2, 0.25) is 0 Å². The second kappa shape index (κ2) is 3.79. The van der Waals surface area contributed by atoms with E-state index in [9.17, 15) is 8.42 Å². The number of nitrogens with two attached hydrogens (primary N) is 1. The summed E-state index contributed by atoms with van der Waals surface area (Å²) in [5.41, 5.74) is 5.76. The zero-order valence-electron chi connectivity index (χ0n) is 8.28. The Balaban J connectivity index is 1.85. The molecule has 4 nitrogen and oxygen atoms in total. The Kier molecular flexibility index (Phi) is 2.81. The van der Waals surface area contributed by atoms with E-state index in [4.69, 9.17) is 5.73 Å². The van der Waals surface area contributed by atoms with Gasteiger partial charge < -0.3 is 5.73 Å². The molecule has 0 radical (unpaired) electrons. The van der Waals surface area contributed by atoms with Crippen LogP contribution in [-0.2, 0) is 10.0 Å². The first-order valence-electron chi connectivity index (χ1n) is 5.34. The quantitative estimate of drug-likeness (QED) is 0.717. The van der Waals surface area contributed by atoms with Crippen molar-refractivity contribution in [3.8, 4) is 0 Å². The zero-order chi connectivity index (χ0) is 10.2. The van der Waals surface area contributed by atoms with E-state index in [1.54, 1.807) is 0 Å². The summed E-state index contributed by atoms with van der Waals surface area (Å²) in [7, 11) is -3.00. The van der Waals surface area contributed by atoms with Crippen LogP contribution < -0.4 is 10.5 Å². The molecule has 5 heteroatoms. The van der Waals surface area contributed by atoms with Crippen molar-refractivity contribution in [1.29, 1.82) is 0 Å². The van der Waals surface area contributed by atoms with E-state index in [0.717, 1.165) is 38.5 Å². The predicted octanol–water partition coefficient (Wildman–Crippen LogP) is 0.338. The molecule has 0 aromatic rings. The van der Waals surface area contributed by atoms with Crippen molar-refractivity contribution < 1.29 is 8.42 Å². The molecule has 0 saturated heterocycles. The summed E-state index contributed by atoms with van der Waals surface area (Å²) in [5.74, 6) is 0. The van der Waals surface area contributed by atoms with E-state index in [-0.39, 0.29) is 17.3 Å². The molecule has 3 N–H and O–H groups in total. The van der Waals surface area contributed by atoms with Gasteiger partial charge in [-0.1, -0.05) is 0 Å². The molecule has 0 aromatic carbocycles. The maximum Gasteiger partial charge on any atom is 0.214 e. The Hall–Kier alpha value is -0.130. The molecule has 0 unspecified atom stereocenters. The number of nitrogens with one attached hydrogen (secondary N) is 1. The summed E-state index contributed by atoms with van der Waals surface area (Å²) in [6.07, 6.45) is 5.35. The normalized spacial score (nSPS) is 34.4. The van der Waals surface area contributed by atoms with Gasteiger partial charge in [-0.2, -0.15) is 0 Å². The van der Waals surface area contributed by atoms with E-state index in [1.165, 1.54) is 0 Å². The van der Waals surface area contributed by atoms with Crippen LogP contribution in [0.25, 0.3) is 0 Å². The van der Waals surface area contributed by atoms with Crippen LogP contribution in [0, 0.1) is 0 Å². The Morgan fingerprint density at radius 1 is 1.00 bits per heavy atom. The van der Waals surface area contributed by atoms with Gasteiger partial charge >= 0.3 is 0 Å². The van der Waals surface area contributed by atoms with Crippen molar-refractivity contribution in [1.82, 2.24) is 4.72 Å². The van der Waals surface area contributed by atoms with Crippen LogP contribution in [-0.4, -0.2) is 25.8 Å². The minimum atomic E-state index is -3.00. The summed E-state index contributed by atoms with van der Waals surface area (Å²) in [6, 6.07) is 0.414. The lowest BCUT2D eigenvalue weighted by molar-refractivity contribution is 0.373. The smallest absolute Gasteiger partial charge is 0.214 e. The van der Waals surface area contributed by atoms with Crippen molar-refractivity contribution in [2.45, 2.75) is 55.9 Å². The van der Waals surface area contributed by atoms with Gasteiger partial charge in [-0.25, -0.2) is 13.1 Å². The van der Waals surface area contributed by atoms with Crippen LogP contribution in [0.3, 0.4) is 0 Å². The minimum Gasteiger partial charge on any atom is -0.328 e. The Morgan fingerprint density at radius 3 is 2.07 bits per heavy atom. The Labute approximate surface area is 85.3 Å². The maximum absolute atomic E-state index is 11.6. The highest BCUT2D eigenvalue weighted by Gasteiger charge is 2.37. The lowest BCUT2D eigenvalue weighted by Gasteiger charge is -2.26. The fourth-order valence-corrected chi connectivity index (χ4v) is 3.59. The molecule has 0 heterocycles. The predicted molar refractivity (Wildman–Crippen MR) is 55.3 cm³/mol. The monoisotopic (exact) mass is 218 g/mol. The molecule has 2 rings (SSSR count). The zero-order valence-corrected chi connectivity index (χ0v) is 9.09. The van der Waals surface area contributed by atoms with Gasteiger partial charge in [0.05, 0.1) is 5.25 Å². The average molecular weight is 218 g/mol. The molecule has 0 amide bonds. The van der Waals surface area contributed by atoms with E-state index in [2.05, 4.69) is 4.72 Å². The number of hydrogen-bond donors (Lipinski definition) is 2. The fourth-order valence-electron chi connectivity index (χ4n) is 1.94. The van der Waals surface area contributed by atoms with Crippen LogP contribution in [0.15, 0.2) is 0 Å². The van der Waals surface area contributed by atoms with E-state index >= 15 is 0 Å². The summed E-state index contributed by atoms with van der Waals surface area (Å²) >= 11 is 0. The third-order valence-electron chi connectivity index (χ3n) is 3.07. The molecule has 2 fully saturated rings. The average Bonchev–Trinajstić information content (AvgIpc) is 2.91. The molecule has 0 aromatic heterocycles. The highest BCUT2D eigenvalue weighted by atomic mass is 32.2. The molecule has 0 spiro atoms. The Bertz CT molecular complexity index is 290. The van der Waals surface area contributed by atoms with Crippen LogP contribution in [0.4, 0.5) is 0 Å². The van der Waals surface area contributed by atoms with Crippen molar-refractivity contribution in [2.75, 3.05) is 0 Å². The van der Waals surface area contributed by atoms with Gasteiger partial charge in [0.2, 0.25) is 10.0 Å². The third-order valence-corrected chi connectivity index (χ3v) is 5.08. The summed E-state index contributed by atoms with van der Waals surface area (Å²) < 4.78 is 26.0. The van der Waals surface area contributed by atoms with E-state index in [1.807, 2.05) is 0 Å². The molecular formula is C9H18N2O2S. The second-order valence-electron chi connectivity index (χ2n) is 4.47. The minimum absolute atomic E-state index is 0.0990. The van der Waals surface area contributed by atoms with Gasteiger partial charge in [0, 0.05) is 12.1 Å². The maximum atomic E-state index is 11.6. The number of rotatable bonds is 3. The van der Waals surface area contributed by atoms with Crippen molar-refractivity contribution >= 4 is 10.0 Å². The van der Waals surface area contributed by atoms with Gasteiger partial charge in [0.25, 0.3) is 0 Å². The Morgan fingerprint density at radius 2 is 1.57 bits per heavy atom. The number of hydrogen-bond acceptors (Lipinski definition) is 3. The first kappa shape index (κ1) is 10.4. The van der Waals surface area contributed by atoms with Gasteiger partial charge in [0.1, 0.15) is 0 Å². The van der Waals surface area contributed by atoms with Crippen molar-refractivity contribution in [3.05, 3.63) is 0 Å². The number of sulfonamides is 1. The first-order valence-corrected chi connectivity index (χ1v) is 6.89. The van der Waals surface area contributed by atoms with Crippen LogP contribution in [0.1, 0.15) is 38.5 Å². The van der Waals surface area contributed by atoms with Gasteiger partial charge in [-0.3, -0.25) is 0 Å². The van der Waals surface area contributed by atoms with Crippen LogP contribution in [0.5, 0.6) is 0 Å². The van der Waals surface area contributed by atoms with Crippen LogP contribution >= 0.6 is 0 Å². The molecule has 2 aliphatic carbocycles. The van der Waals surface area contributed by atoms with Gasteiger partial charge in [-0.15, -0.1) is 0 Å². The molecule has 2 aliphatic rings. The standard InChI is InChI=1S/C9H18N2O2S/c10-7-1-3-8(4-2-7)11-14(12,13)9-5-6-9/h7-9,11H,1-6,10H2/t7-,8-. The molecule has 0 atom stereocenters. The molecular weight excluding hydrogens is 200 g/mol. The second-order valence-corrected chi connectivity index (χ2v) is 6.47. The van der Waals surface area contributed by atoms with Gasteiger partial charge in [-0.05, 0) is 38.5 Å². The highest BCUT2D eigenvalue weighted by Crippen LogP contribution is 2.29. The first-order chi connectivity index (χ1) is 6.58. The molecule has 14 heavy (non-hydrogen) atoms. The third kappa shape index (κ3) is 2.46. The summed E-state index contributed by atoms with van der Waals surface area (Å²) in [6.45, 7) is 0. The molecule has 0 aliphatic heterocycles. The SMILES string of the molecule is N[C@H]1CC[C@H](NS(=O)(=O)C2CC2)CC1. The van der Waals surface area contributed by atoms with Crippen molar-refractivity contribution in [3.63, 3.8) is 0 Å². The van der Waals surface area contributed by atoms with Gasteiger partial charge in [0.15, 0.2) is 0 Å². The molecule has 0 bridgehead atoms. The largest absolute Gasteiger partial charge is 0.328 e.